The minimum atomic E-state index is -0.211. The molecule has 1 N–H and O–H groups in total. The highest BCUT2D eigenvalue weighted by Crippen LogP contribution is 2.21. The molecule has 5 nitrogen and oxygen atoms in total. The molecule has 1 fully saturated rings. The molecule has 0 bridgehead atoms. The van der Waals surface area contributed by atoms with E-state index in [1.807, 2.05) is 24.3 Å². The van der Waals surface area contributed by atoms with E-state index < -0.39 is 0 Å². The van der Waals surface area contributed by atoms with E-state index in [-0.39, 0.29) is 11.8 Å². The van der Waals surface area contributed by atoms with Crippen molar-refractivity contribution in [2.45, 2.75) is 12.8 Å². The third-order valence-corrected chi connectivity index (χ3v) is 3.63. The Hall–Kier alpha value is -2.95. The fourth-order valence-electron chi connectivity index (χ4n) is 2.48. The van der Waals surface area contributed by atoms with Gasteiger partial charge in [0.05, 0.1) is 11.9 Å². The van der Waals surface area contributed by atoms with Crippen LogP contribution in [0, 0.1) is 0 Å². The predicted octanol–water partition coefficient (Wildman–Crippen LogP) is 2.86. The minimum Gasteiger partial charge on any atom is -0.321 e. The molecule has 23 heavy (non-hydrogen) atoms. The molecule has 2 heterocycles. The van der Waals surface area contributed by atoms with Gasteiger partial charge in [-0.25, -0.2) is 0 Å². The van der Waals surface area contributed by atoms with Crippen LogP contribution in [-0.4, -0.2) is 23.3 Å². The van der Waals surface area contributed by atoms with Crippen LogP contribution >= 0.6 is 0 Å². The number of carbonyl (C=O) groups excluding carboxylic acids is 2. The summed E-state index contributed by atoms with van der Waals surface area (Å²) in [5.41, 5.74) is 2.47. The maximum absolute atomic E-state index is 11.8. The van der Waals surface area contributed by atoms with Gasteiger partial charge in [0.1, 0.15) is 0 Å². The van der Waals surface area contributed by atoms with Crippen molar-refractivity contribution in [3.05, 3.63) is 60.4 Å². The molecule has 3 rings (SSSR count). The fraction of sp³-hybridized carbons (Fsp3) is 0.167. The van der Waals surface area contributed by atoms with Crippen LogP contribution in [0.15, 0.2) is 54.9 Å². The van der Waals surface area contributed by atoms with Gasteiger partial charge in [0.15, 0.2) is 0 Å². The van der Waals surface area contributed by atoms with Crippen LogP contribution in [0.2, 0.25) is 0 Å². The summed E-state index contributed by atoms with van der Waals surface area (Å²) >= 11 is 0. The van der Waals surface area contributed by atoms with Crippen molar-refractivity contribution in [1.29, 1.82) is 0 Å². The Bertz CT molecular complexity index is 724. The minimum absolute atomic E-state index is 0.171. The molecule has 1 aromatic heterocycles. The average Bonchev–Trinajstić information content (AvgIpc) is 3.00. The topological polar surface area (TPSA) is 62.3 Å². The smallest absolute Gasteiger partial charge is 0.248 e. The number of nitrogens with zero attached hydrogens (tertiary/aromatic N) is 2. The van der Waals surface area contributed by atoms with Gasteiger partial charge in [0, 0.05) is 30.9 Å². The molecular formula is C18H17N3O2. The van der Waals surface area contributed by atoms with E-state index in [4.69, 9.17) is 0 Å². The van der Waals surface area contributed by atoms with Crippen LogP contribution in [0.1, 0.15) is 18.4 Å². The van der Waals surface area contributed by atoms with Crippen molar-refractivity contribution >= 4 is 29.3 Å². The molecule has 2 aromatic rings. The number of benzene rings is 1. The van der Waals surface area contributed by atoms with E-state index in [1.165, 1.54) is 6.08 Å². The third-order valence-electron chi connectivity index (χ3n) is 3.63. The Kier molecular flexibility index (Phi) is 4.47. The SMILES string of the molecule is O=C(/C=C/c1ccc(N2CCCC2=O)cc1)Nc1cccnc1. The number of anilines is 2. The van der Waals surface area contributed by atoms with Crippen molar-refractivity contribution in [1.82, 2.24) is 4.98 Å². The van der Waals surface area contributed by atoms with Crippen LogP contribution in [0.25, 0.3) is 6.08 Å². The van der Waals surface area contributed by atoms with Crippen LogP contribution in [-0.2, 0) is 9.59 Å². The Morgan fingerprint density at radius 1 is 1.22 bits per heavy atom. The van der Waals surface area contributed by atoms with E-state index in [9.17, 15) is 9.59 Å². The number of carbonyl (C=O) groups is 2. The summed E-state index contributed by atoms with van der Waals surface area (Å²) in [4.78, 5) is 29.3. The van der Waals surface area contributed by atoms with E-state index in [0.29, 0.717) is 12.1 Å². The molecule has 0 saturated carbocycles. The lowest BCUT2D eigenvalue weighted by Crippen LogP contribution is -2.23. The van der Waals surface area contributed by atoms with Crippen LogP contribution in [0.5, 0.6) is 0 Å². The van der Waals surface area contributed by atoms with Crippen LogP contribution in [0.4, 0.5) is 11.4 Å². The number of amides is 2. The first kappa shape index (κ1) is 15.0. The van der Waals surface area contributed by atoms with Crippen molar-refractivity contribution in [3.8, 4) is 0 Å². The van der Waals surface area contributed by atoms with E-state index in [2.05, 4.69) is 10.3 Å². The molecule has 1 aliphatic heterocycles. The highest BCUT2D eigenvalue weighted by molar-refractivity contribution is 6.02. The van der Waals surface area contributed by atoms with Gasteiger partial charge < -0.3 is 10.2 Å². The molecule has 1 aliphatic rings. The van der Waals surface area contributed by atoms with E-state index in [1.54, 1.807) is 35.5 Å². The van der Waals surface area contributed by atoms with Crippen LogP contribution in [0.3, 0.4) is 0 Å². The number of aromatic nitrogens is 1. The largest absolute Gasteiger partial charge is 0.321 e. The second-order valence-electron chi connectivity index (χ2n) is 5.30. The van der Waals surface area contributed by atoms with Gasteiger partial charge in [-0.2, -0.15) is 0 Å². The quantitative estimate of drug-likeness (QED) is 0.884. The highest BCUT2D eigenvalue weighted by Gasteiger charge is 2.21. The first-order valence-corrected chi connectivity index (χ1v) is 7.52. The number of rotatable bonds is 4. The third kappa shape index (κ3) is 3.83. The summed E-state index contributed by atoms with van der Waals surface area (Å²) in [6.45, 7) is 0.779. The molecule has 0 spiro atoms. The molecule has 0 aliphatic carbocycles. The number of hydrogen-bond acceptors (Lipinski definition) is 3. The molecule has 2 amide bonds. The standard InChI is InChI=1S/C18H17N3O2/c22-17(20-15-3-1-11-19-13-15)10-7-14-5-8-16(9-6-14)21-12-2-4-18(21)23/h1,3,5-11,13H,2,4,12H2,(H,20,22)/b10-7+. The van der Waals surface area contributed by atoms with E-state index in [0.717, 1.165) is 24.2 Å². The van der Waals surface area contributed by atoms with Gasteiger partial charge in [-0.05, 0) is 42.3 Å². The summed E-state index contributed by atoms with van der Waals surface area (Å²) in [5, 5.41) is 2.73. The number of nitrogens with one attached hydrogen (secondary N) is 1. The molecule has 0 atom stereocenters. The number of hydrogen-bond donors (Lipinski definition) is 1. The summed E-state index contributed by atoms with van der Waals surface area (Å²) in [5.74, 6) is -0.0408. The zero-order valence-corrected chi connectivity index (χ0v) is 12.6. The first-order chi connectivity index (χ1) is 11.2. The zero-order chi connectivity index (χ0) is 16.1. The molecule has 1 aromatic carbocycles. The zero-order valence-electron chi connectivity index (χ0n) is 12.6. The fourth-order valence-corrected chi connectivity index (χ4v) is 2.48. The van der Waals surface area contributed by atoms with Gasteiger partial charge in [-0.3, -0.25) is 14.6 Å². The van der Waals surface area contributed by atoms with Crippen molar-refractivity contribution in [2.24, 2.45) is 0 Å². The molecule has 5 heteroatoms. The Morgan fingerprint density at radius 3 is 2.70 bits per heavy atom. The van der Waals surface area contributed by atoms with Gasteiger partial charge in [0.2, 0.25) is 11.8 Å². The van der Waals surface area contributed by atoms with Gasteiger partial charge in [-0.1, -0.05) is 12.1 Å². The summed E-state index contributed by atoms with van der Waals surface area (Å²) in [6.07, 6.45) is 7.99. The maximum Gasteiger partial charge on any atom is 0.248 e. The Labute approximate surface area is 134 Å². The highest BCUT2D eigenvalue weighted by atomic mass is 16.2. The van der Waals surface area contributed by atoms with Gasteiger partial charge in [-0.15, -0.1) is 0 Å². The van der Waals surface area contributed by atoms with Gasteiger partial charge in [0.25, 0.3) is 0 Å². The summed E-state index contributed by atoms with van der Waals surface area (Å²) in [6, 6.07) is 11.1. The summed E-state index contributed by atoms with van der Waals surface area (Å²) in [7, 11) is 0. The molecule has 0 radical (unpaired) electrons. The lowest BCUT2D eigenvalue weighted by Gasteiger charge is -2.15. The monoisotopic (exact) mass is 307 g/mol. The van der Waals surface area contributed by atoms with Crippen LogP contribution < -0.4 is 10.2 Å². The first-order valence-electron chi connectivity index (χ1n) is 7.52. The maximum atomic E-state index is 11.8. The Morgan fingerprint density at radius 2 is 2.04 bits per heavy atom. The van der Waals surface area contributed by atoms with Gasteiger partial charge >= 0.3 is 0 Å². The second kappa shape index (κ2) is 6.87. The van der Waals surface area contributed by atoms with Crippen molar-refractivity contribution < 1.29 is 9.59 Å². The molecule has 1 saturated heterocycles. The Balaban J connectivity index is 1.61. The molecule has 0 unspecified atom stereocenters. The normalized spacial score (nSPS) is 14.4. The predicted molar refractivity (Wildman–Crippen MR) is 89.9 cm³/mol. The number of pyridine rings is 1. The molecular weight excluding hydrogens is 290 g/mol. The van der Waals surface area contributed by atoms with Crippen molar-refractivity contribution in [2.75, 3.05) is 16.8 Å². The lowest BCUT2D eigenvalue weighted by molar-refractivity contribution is -0.117. The lowest BCUT2D eigenvalue weighted by atomic mass is 10.2. The second-order valence-corrected chi connectivity index (χ2v) is 5.30. The van der Waals surface area contributed by atoms with E-state index >= 15 is 0 Å². The van der Waals surface area contributed by atoms with Crippen molar-refractivity contribution in [3.63, 3.8) is 0 Å². The summed E-state index contributed by atoms with van der Waals surface area (Å²) < 4.78 is 0. The molecule has 116 valence electrons. The average molecular weight is 307 g/mol.